The Balaban J connectivity index is 1.53. The van der Waals surface area contributed by atoms with E-state index in [0.29, 0.717) is 47.8 Å². The first-order valence-electron chi connectivity index (χ1n) is 10.3. The van der Waals surface area contributed by atoms with Crippen molar-refractivity contribution in [3.63, 3.8) is 0 Å². The lowest BCUT2D eigenvalue weighted by molar-refractivity contribution is -0.126. The number of carbonyl (C=O) groups is 1. The minimum Gasteiger partial charge on any atom is -0.348 e. The van der Waals surface area contributed by atoms with Gasteiger partial charge in [-0.15, -0.1) is 0 Å². The number of fused-ring (bicyclic) bond motifs is 1. The fraction of sp³-hybridized carbons (Fsp3) is 0.364. The van der Waals surface area contributed by atoms with Crippen LogP contribution in [0.15, 0.2) is 43.0 Å². The van der Waals surface area contributed by atoms with Gasteiger partial charge in [0.2, 0.25) is 0 Å². The first-order chi connectivity index (χ1) is 15.3. The summed E-state index contributed by atoms with van der Waals surface area (Å²) in [4.78, 5) is 21.7. The summed E-state index contributed by atoms with van der Waals surface area (Å²) in [7, 11) is 0. The average molecular weight is 442 g/mol. The van der Waals surface area contributed by atoms with E-state index >= 15 is 0 Å². The van der Waals surface area contributed by atoms with Crippen LogP contribution in [-0.4, -0.2) is 45.2 Å². The largest absolute Gasteiger partial charge is 0.401 e. The minimum absolute atomic E-state index is 0.153. The molecule has 2 aromatic heterocycles. The third kappa shape index (κ3) is 4.89. The van der Waals surface area contributed by atoms with Crippen molar-refractivity contribution >= 4 is 16.7 Å². The number of aromatic nitrogens is 3. The highest BCUT2D eigenvalue weighted by Crippen LogP contribution is 2.25. The summed E-state index contributed by atoms with van der Waals surface area (Å²) in [5.74, 6) is 0.0849. The van der Waals surface area contributed by atoms with Crippen LogP contribution in [0.2, 0.25) is 0 Å². The summed E-state index contributed by atoms with van der Waals surface area (Å²) in [6.45, 7) is -1.01. The summed E-state index contributed by atoms with van der Waals surface area (Å²) < 4.78 is 38.9. The minimum atomic E-state index is -4.24. The van der Waals surface area contributed by atoms with Crippen LogP contribution in [0, 0.1) is 11.3 Å². The van der Waals surface area contributed by atoms with Gasteiger partial charge < -0.3 is 10.6 Å². The molecule has 32 heavy (non-hydrogen) atoms. The summed E-state index contributed by atoms with van der Waals surface area (Å²) in [6.07, 6.45) is 2.84. The number of nitrogens with one attached hydrogen (secondary N) is 2. The highest BCUT2D eigenvalue weighted by molar-refractivity contribution is 6.07. The van der Waals surface area contributed by atoms with E-state index in [4.69, 9.17) is 0 Å². The molecule has 0 atom stereocenters. The first kappa shape index (κ1) is 21.8. The van der Waals surface area contributed by atoms with E-state index in [2.05, 4.69) is 26.7 Å². The van der Waals surface area contributed by atoms with E-state index in [-0.39, 0.29) is 23.7 Å². The number of rotatable bonds is 5. The van der Waals surface area contributed by atoms with Gasteiger partial charge in [-0.25, -0.2) is 9.97 Å². The third-order valence-corrected chi connectivity index (χ3v) is 5.62. The Morgan fingerprint density at radius 3 is 2.59 bits per heavy atom. The van der Waals surface area contributed by atoms with Crippen LogP contribution in [0.4, 0.5) is 13.2 Å². The predicted molar refractivity (Wildman–Crippen MR) is 111 cm³/mol. The zero-order valence-electron chi connectivity index (χ0n) is 17.1. The monoisotopic (exact) mass is 442 g/mol. The molecule has 0 saturated heterocycles. The van der Waals surface area contributed by atoms with Gasteiger partial charge in [-0.3, -0.25) is 9.36 Å². The van der Waals surface area contributed by atoms with Gasteiger partial charge in [-0.2, -0.15) is 18.4 Å². The summed E-state index contributed by atoms with van der Waals surface area (Å²) in [6, 6.07) is 8.64. The maximum atomic E-state index is 13.1. The van der Waals surface area contributed by atoms with Gasteiger partial charge in [-0.05, 0) is 37.8 Å². The van der Waals surface area contributed by atoms with E-state index in [1.54, 1.807) is 47.6 Å². The second kappa shape index (κ2) is 8.96. The molecule has 1 amide bonds. The quantitative estimate of drug-likeness (QED) is 0.631. The van der Waals surface area contributed by atoms with Crippen molar-refractivity contribution in [3.05, 3.63) is 54.2 Å². The lowest BCUT2D eigenvalue weighted by Gasteiger charge is -2.30. The third-order valence-electron chi connectivity index (χ3n) is 5.62. The predicted octanol–water partition coefficient (Wildman–Crippen LogP) is 3.49. The van der Waals surface area contributed by atoms with Gasteiger partial charge in [-0.1, -0.05) is 12.1 Å². The molecule has 2 heterocycles. The van der Waals surface area contributed by atoms with Crippen LogP contribution in [-0.2, 0) is 0 Å². The van der Waals surface area contributed by atoms with Gasteiger partial charge in [0.25, 0.3) is 5.91 Å². The number of alkyl halides is 3. The maximum Gasteiger partial charge on any atom is 0.401 e. The van der Waals surface area contributed by atoms with Crippen molar-refractivity contribution in [3.8, 4) is 11.9 Å². The fourth-order valence-corrected chi connectivity index (χ4v) is 4.02. The first-order valence-corrected chi connectivity index (χ1v) is 10.3. The second-order valence-electron chi connectivity index (χ2n) is 7.83. The number of hydrogen-bond donors (Lipinski definition) is 2. The average Bonchev–Trinajstić information content (AvgIpc) is 3.32. The molecule has 1 saturated carbocycles. The summed E-state index contributed by atoms with van der Waals surface area (Å²) >= 11 is 0. The Labute approximate surface area is 182 Å². The number of nitriles is 1. The number of carbonyl (C=O) groups excluding carboxylic acids is 1. The Kier molecular flexibility index (Phi) is 6.10. The second-order valence-corrected chi connectivity index (χ2v) is 7.83. The fourth-order valence-electron chi connectivity index (χ4n) is 4.02. The zero-order chi connectivity index (χ0) is 22.7. The molecule has 3 aromatic rings. The molecule has 1 aliphatic rings. The van der Waals surface area contributed by atoms with Gasteiger partial charge in [0.05, 0.1) is 18.2 Å². The lowest BCUT2D eigenvalue weighted by atomic mass is 9.91. The lowest BCUT2D eigenvalue weighted by Crippen LogP contribution is -2.44. The van der Waals surface area contributed by atoms with Crippen molar-refractivity contribution in [2.45, 2.75) is 43.9 Å². The number of amides is 1. The van der Waals surface area contributed by atoms with E-state index in [9.17, 15) is 23.2 Å². The van der Waals surface area contributed by atoms with Gasteiger partial charge in [0.15, 0.2) is 0 Å². The molecule has 0 radical (unpaired) electrons. The Hall–Kier alpha value is -3.45. The highest BCUT2D eigenvalue weighted by Gasteiger charge is 2.30. The van der Waals surface area contributed by atoms with Gasteiger partial charge in [0.1, 0.15) is 17.8 Å². The van der Waals surface area contributed by atoms with Crippen molar-refractivity contribution < 1.29 is 18.0 Å². The van der Waals surface area contributed by atoms with Crippen LogP contribution in [0.5, 0.6) is 0 Å². The van der Waals surface area contributed by atoms with Crippen LogP contribution in [0.25, 0.3) is 16.6 Å². The van der Waals surface area contributed by atoms with Gasteiger partial charge >= 0.3 is 6.18 Å². The molecule has 0 unspecified atom stereocenters. The summed E-state index contributed by atoms with van der Waals surface area (Å²) in [5, 5.41) is 16.2. The van der Waals surface area contributed by atoms with Crippen LogP contribution in [0.3, 0.4) is 0 Å². The Morgan fingerprint density at radius 1 is 1.19 bits per heavy atom. The molecule has 2 N–H and O–H groups in total. The Morgan fingerprint density at radius 2 is 1.94 bits per heavy atom. The number of imidazole rings is 1. The molecule has 0 spiro atoms. The molecule has 1 fully saturated rings. The van der Waals surface area contributed by atoms with E-state index in [1.807, 2.05) is 0 Å². The van der Waals surface area contributed by atoms with Gasteiger partial charge in [0, 0.05) is 35.2 Å². The molecule has 10 heteroatoms. The van der Waals surface area contributed by atoms with Crippen LogP contribution >= 0.6 is 0 Å². The van der Waals surface area contributed by atoms with Crippen molar-refractivity contribution in [2.75, 3.05) is 6.54 Å². The Bertz CT molecular complexity index is 1140. The molecular formula is C22H21F3N6O. The number of pyridine rings is 1. The van der Waals surface area contributed by atoms with E-state index < -0.39 is 12.7 Å². The van der Waals surface area contributed by atoms with Crippen LogP contribution in [0.1, 0.15) is 41.7 Å². The zero-order valence-corrected chi connectivity index (χ0v) is 17.1. The number of halogens is 3. The maximum absolute atomic E-state index is 13.1. The highest BCUT2D eigenvalue weighted by atomic mass is 19.4. The number of nitrogens with zero attached hydrogens (tertiary/aromatic N) is 4. The van der Waals surface area contributed by atoms with E-state index in [0.717, 1.165) is 0 Å². The molecule has 0 bridgehead atoms. The molecule has 1 aromatic carbocycles. The van der Waals surface area contributed by atoms with Crippen molar-refractivity contribution in [1.82, 2.24) is 25.2 Å². The number of hydrogen-bond acceptors (Lipinski definition) is 5. The summed E-state index contributed by atoms with van der Waals surface area (Å²) in [5.41, 5.74) is 0.622. The van der Waals surface area contributed by atoms with Crippen molar-refractivity contribution in [1.29, 1.82) is 5.26 Å². The molecule has 166 valence electrons. The number of benzene rings is 1. The van der Waals surface area contributed by atoms with E-state index in [1.165, 1.54) is 0 Å². The SMILES string of the molecule is N#Cc1cccc2c(C(=O)NC3CCC(NCC(F)(F)F)CC3)nc(-n3ccnc3)cc12. The standard InChI is InChI=1S/C22H21F3N6O/c23-22(24,25)12-28-15-4-6-16(7-5-15)29-21(32)20-17-3-1-2-14(11-26)18(17)10-19(30-20)31-9-8-27-13-31/h1-3,8-10,13,15-16,28H,4-7,12H2,(H,29,32). The normalized spacial score (nSPS) is 18.9. The molecular weight excluding hydrogens is 421 g/mol. The molecule has 4 rings (SSSR count). The topological polar surface area (TPSA) is 95.6 Å². The molecule has 7 nitrogen and oxygen atoms in total. The van der Waals surface area contributed by atoms with Crippen LogP contribution < -0.4 is 10.6 Å². The van der Waals surface area contributed by atoms with Crippen molar-refractivity contribution in [2.24, 2.45) is 0 Å². The smallest absolute Gasteiger partial charge is 0.348 e. The molecule has 0 aliphatic heterocycles. The molecule has 1 aliphatic carbocycles.